The highest BCUT2D eigenvalue weighted by atomic mass is 79.9. The van der Waals surface area contributed by atoms with E-state index in [-0.39, 0.29) is 12.5 Å². The van der Waals surface area contributed by atoms with E-state index in [1.165, 1.54) is 0 Å². The molecule has 0 bridgehead atoms. The number of hydrogen-bond donors (Lipinski definition) is 3. The van der Waals surface area contributed by atoms with E-state index in [4.69, 9.17) is 4.74 Å². The molecule has 0 aliphatic rings. The number of rotatable bonds is 6. The fraction of sp³-hybridized carbons (Fsp3) is 0.125. The molecule has 3 N–H and O–H groups in total. The third-order valence-corrected chi connectivity index (χ3v) is 5.39. The Kier molecular flexibility index (Phi) is 7.62. The Bertz CT molecular complexity index is 1150. The van der Waals surface area contributed by atoms with Crippen molar-refractivity contribution in [2.24, 2.45) is 0 Å². The molecule has 164 valence electrons. The molecule has 0 atom stereocenters. The van der Waals surface area contributed by atoms with Crippen LogP contribution in [0, 0.1) is 13.8 Å². The zero-order chi connectivity index (χ0) is 23.1. The van der Waals surface area contributed by atoms with Gasteiger partial charge in [-0.1, -0.05) is 33.6 Å². The lowest BCUT2D eigenvalue weighted by Gasteiger charge is -2.10. The maximum Gasteiger partial charge on any atom is 0.276 e. The van der Waals surface area contributed by atoms with Gasteiger partial charge in [-0.25, -0.2) is 0 Å². The third kappa shape index (κ3) is 6.42. The standard InChI is InChI=1S/C24H22BrN3O4/c1-15-4-3-5-18(12-15)23(30)26-19-8-6-17(7-9-19)24(31)28-27-22(29)14-32-20-10-11-21(25)16(2)13-20/h3-13H,14H2,1-2H3,(H,26,30)(H,27,29)(H,28,31). The molecule has 0 heterocycles. The molecule has 3 amide bonds. The summed E-state index contributed by atoms with van der Waals surface area (Å²) in [4.78, 5) is 36.5. The molecule has 0 spiro atoms. The molecule has 0 fully saturated rings. The second kappa shape index (κ2) is 10.6. The van der Waals surface area contributed by atoms with Crippen molar-refractivity contribution in [2.75, 3.05) is 11.9 Å². The van der Waals surface area contributed by atoms with E-state index in [2.05, 4.69) is 32.1 Å². The average Bonchev–Trinajstić information content (AvgIpc) is 2.78. The molecule has 0 unspecified atom stereocenters. The average molecular weight is 496 g/mol. The quantitative estimate of drug-likeness (QED) is 0.447. The van der Waals surface area contributed by atoms with Gasteiger partial charge in [-0.3, -0.25) is 25.2 Å². The maximum atomic E-state index is 12.3. The molecule has 0 radical (unpaired) electrons. The monoisotopic (exact) mass is 495 g/mol. The predicted molar refractivity (Wildman–Crippen MR) is 126 cm³/mol. The van der Waals surface area contributed by atoms with Crippen molar-refractivity contribution in [2.45, 2.75) is 13.8 Å². The van der Waals surface area contributed by atoms with Crippen molar-refractivity contribution in [3.05, 3.63) is 93.5 Å². The van der Waals surface area contributed by atoms with Gasteiger partial charge in [0, 0.05) is 21.3 Å². The van der Waals surface area contributed by atoms with E-state index < -0.39 is 11.8 Å². The summed E-state index contributed by atoms with van der Waals surface area (Å²) in [5.41, 5.74) is 8.04. The summed E-state index contributed by atoms with van der Waals surface area (Å²) in [6, 6.07) is 19.0. The molecule has 0 saturated carbocycles. The van der Waals surface area contributed by atoms with E-state index >= 15 is 0 Å². The normalized spacial score (nSPS) is 10.2. The molecule has 0 aliphatic heterocycles. The highest BCUT2D eigenvalue weighted by Gasteiger charge is 2.10. The van der Waals surface area contributed by atoms with Gasteiger partial charge in [-0.2, -0.15) is 0 Å². The van der Waals surface area contributed by atoms with Crippen molar-refractivity contribution in [3.8, 4) is 5.75 Å². The molecular weight excluding hydrogens is 474 g/mol. The third-order valence-electron chi connectivity index (χ3n) is 4.50. The van der Waals surface area contributed by atoms with Gasteiger partial charge in [0.25, 0.3) is 17.7 Å². The number of hydrogen-bond acceptors (Lipinski definition) is 4. The maximum absolute atomic E-state index is 12.3. The highest BCUT2D eigenvalue weighted by Crippen LogP contribution is 2.21. The second-order valence-corrected chi connectivity index (χ2v) is 7.96. The summed E-state index contributed by atoms with van der Waals surface area (Å²) in [5, 5.41) is 2.78. The summed E-state index contributed by atoms with van der Waals surface area (Å²) < 4.78 is 6.36. The van der Waals surface area contributed by atoms with Gasteiger partial charge in [-0.15, -0.1) is 0 Å². The first-order valence-electron chi connectivity index (χ1n) is 9.78. The molecule has 3 aromatic rings. The smallest absolute Gasteiger partial charge is 0.276 e. The Labute approximate surface area is 194 Å². The lowest BCUT2D eigenvalue weighted by Crippen LogP contribution is -2.43. The molecule has 0 aliphatic carbocycles. The topological polar surface area (TPSA) is 96.5 Å². The number of benzene rings is 3. The summed E-state index contributed by atoms with van der Waals surface area (Å²) in [6.07, 6.45) is 0. The van der Waals surface area contributed by atoms with E-state index in [9.17, 15) is 14.4 Å². The van der Waals surface area contributed by atoms with E-state index in [1.54, 1.807) is 48.5 Å². The first kappa shape index (κ1) is 23.0. The molecule has 8 heteroatoms. The summed E-state index contributed by atoms with van der Waals surface area (Å²) in [6.45, 7) is 3.58. The Balaban J connectivity index is 1.47. The summed E-state index contributed by atoms with van der Waals surface area (Å²) in [7, 11) is 0. The number of anilines is 1. The van der Waals surface area contributed by atoms with E-state index in [1.807, 2.05) is 32.0 Å². The van der Waals surface area contributed by atoms with Crippen molar-refractivity contribution < 1.29 is 19.1 Å². The molecule has 3 aromatic carbocycles. The van der Waals surface area contributed by atoms with Crippen LogP contribution in [0.4, 0.5) is 5.69 Å². The van der Waals surface area contributed by atoms with Gasteiger partial charge < -0.3 is 10.1 Å². The van der Waals surface area contributed by atoms with Crippen molar-refractivity contribution >= 4 is 39.3 Å². The Hall–Kier alpha value is -3.65. The highest BCUT2D eigenvalue weighted by molar-refractivity contribution is 9.10. The van der Waals surface area contributed by atoms with Gasteiger partial charge >= 0.3 is 0 Å². The van der Waals surface area contributed by atoms with Crippen LogP contribution in [-0.2, 0) is 4.79 Å². The SMILES string of the molecule is Cc1cccc(C(=O)Nc2ccc(C(=O)NNC(=O)COc3ccc(Br)c(C)c3)cc2)c1. The Morgan fingerprint density at radius 3 is 2.28 bits per heavy atom. The van der Waals surface area contributed by atoms with Crippen LogP contribution in [0.15, 0.2) is 71.2 Å². The van der Waals surface area contributed by atoms with Crippen LogP contribution in [0.5, 0.6) is 5.75 Å². The minimum Gasteiger partial charge on any atom is -0.484 e. The molecule has 0 saturated heterocycles. The summed E-state index contributed by atoms with van der Waals surface area (Å²) >= 11 is 3.40. The van der Waals surface area contributed by atoms with Crippen LogP contribution in [0.1, 0.15) is 31.8 Å². The number of carbonyl (C=O) groups is 3. The summed E-state index contributed by atoms with van der Waals surface area (Å²) in [5.74, 6) is -0.676. The largest absolute Gasteiger partial charge is 0.484 e. The minimum absolute atomic E-state index is 0.237. The first-order valence-corrected chi connectivity index (χ1v) is 10.6. The van der Waals surface area contributed by atoms with Gasteiger partial charge in [0.2, 0.25) is 0 Å². The van der Waals surface area contributed by atoms with Crippen LogP contribution in [-0.4, -0.2) is 24.3 Å². The molecule has 32 heavy (non-hydrogen) atoms. The van der Waals surface area contributed by atoms with E-state index in [0.29, 0.717) is 22.6 Å². The molecule has 7 nitrogen and oxygen atoms in total. The van der Waals surface area contributed by atoms with Gasteiger partial charge in [0.15, 0.2) is 6.61 Å². The zero-order valence-corrected chi connectivity index (χ0v) is 19.2. The van der Waals surface area contributed by atoms with Crippen molar-refractivity contribution in [3.63, 3.8) is 0 Å². The van der Waals surface area contributed by atoms with Crippen LogP contribution < -0.4 is 20.9 Å². The Morgan fingerprint density at radius 1 is 0.844 bits per heavy atom. The molecule has 0 aromatic heterocycles. The van der Waals surface area contributed by atoms with Crippen molar-refractivity contribution in [1.82, 2.24) is 10.9 Å². The van der Waals surface area contributed by atoms with Crippen LogP contribution in [0.3, 0.4) is 0 Å². The van der Waals surface area contributed by atoms with E-state index in [0.717, 1.165) is 15.6 Å². The fourth-order valence-corrected chi connectivity index (χ4v) is 3.03. The first-order chi connectivity index (χ1) is 15.3. The number of halogens is 1. The number of amides is 3. The molecular formula is C24H22BrN3O4. The number of carbonyl (C=O) groups excluding carboxylic acids is 3. The fourth-order valence-electron chi connectivity index (χ4n) is 2.79. The van der Waals surface area contributed by atoms with Gasteiger partial charge in [-0.05, 0) is 74.0 Å². The van der Waals surface area contributed by atoms with Gasteiger partial charge in [0.1, 0.15) is 5.75 Å². The second-order valence-electron chi connectivity index (χ2n) is 7.10. The minimum atomic E-state index is -0.499. The number of hydrazine groups is 1. The zero-order valence-electron chi connectivity index (χ0n) is 17.6. The molecule has 3 rings (SSSR count). The number of ether oxygens (including phenoxy) is 1. The van der Waals surface area contributed by atoms with Crippen molar-refractivity contribution in [1.29, 1.82) is 0 Å². The van der Waals surface area contributed by atoms with Crippen LogP contribution in [0.2, 0.25) is 0 Å². The predicted octanol–water partition coefficient (Wildman–Crippen LogP) is 4.16. The van der Waals surface area contributed by atoms with Crippen LogP contribution >= 0.6 is 15.9 Å². The Morgan fingerprint density at radius 2 is 1.59 bits per heavy atom. The lowest BCUT2D eigenvalue weighted by atomic mass is 10.1. The number of nitrogens with one attached hydrogen (secondary N) is 3. The van der Waals surface area contributed by atoms with Gasteiger partial charge in [0.05, 0.1) is 0 Å². The van der Waals surface area contributed by atoms with Crippen LogP contribution in [0.25, 0.3) is 0 Å². The number of aryl methyl sites for hydroxylation is 2. The lowest BCUT2D eigenvalue weighted by molar-refractivity contribution is -0.123.